The van der Waals surface area contributed by atoms with Gasteiger partial charge in [0.25, 0.3) is 0 Å². The number of nitrogens with zero attached hydrogens (tertiary/aromatic N) is 4. The summed E-state index contributed by atoms with van der Waals surface area (Å²) in [4.78, 5) is 20.2. The molecule has 4 rings (SSSR count). The lowest BCUT2D eigenvalue weighted by molar-refractivity contribution is -0.136. The minimum absolute atomic E-state index is 0.0169. The van der Waals surface area contributed by atoms with E-state index in [1.165, 1.54) is 12.3 Å². The number of carbonyl (C=O) groups excluding carboxylic acids is 1. The minimum Gasteiger partial charge on any atom is -0.380 e. The highest BCUT2D eigenvalue weighted by Crippen LogP contribution is 2.36. The molecule has 1 aromatic heterocycles. The summed E-state index contributed by atoms with van der Waals surface area (Å²) in [6.07, 6.45) is -0.758. The first-order valence-corrected chi connectivity index (χ1v) is 9.99. The average molecular weight is 417 g/mol. The van der Waals surface area contributed by atoms with Crippen LogP contribution in [0.5, 0.6) is 0 Å². The molecule has 1 unspecified atom stereocenters. The summed E-state index contributed by atoms with van der Waals surface area (Å²) in [5.74, 6) is -0.0381. The molecule has 0 spiro atoms. The second-order valence-corrected chi connectivity index (χ2v) is 7.80. The number of alkyl halides is 3. The summed E-state index contributed by atoms with van der Waals surface area (Å²) in [7, 11) is 0. The average Bonchev–Trinajstić information content (AvgIpc) is 3.36. The van der Waals surface area contributed by atoms with E-state index in [2.05, 4.69) is 16.4 Å². The molecule has 0 bridgehead atoms. The Bertz CT molecular complexity index is 987. The fourth-order valence-electron chi connectivity index (χ4n) is 4.32. The van der Waals surface area contributed by atoms with Gasteiger partial charge in [-0.15, -0.1) is 0 Å². The Balaban J connectivity index is 1.43. The number of hydrogen-bond acceptors (Lipinski definition) is 5. The summed E-state index contributed by atoms with van der Waals surface area (Å²) in [6.45, 7) is 2.20. The molecule has 30 heavy (non-hydrogen) atoms. The van der Waals surface area contributed by atoms with Gasteiger partial charge in [0.2, 0.25) is 5.91 Å². The zero-order valence-electron chi connectivity index (χ0n) is 16.3. The highest BCUT2D eigenvalue weighted by atomic mass is 19.4. The van der Waals surface area contributed by atoms with Crippen molar-refractivity contribution >= 4 is 22.5 Å². The lowest BCUT2D eigenvalue weighted by atomic mass is 10.1. The van der Waals surface area contributed by atoms with Crippen molar-refractivity contribution < 1.29 is 18.0 Å². The van der Waals surface area contributed by atoms with Crippen LogP contribution in [0.4, 0.5) is 18.9 Å². The van der Waals surface area contributed by atoms with Crippen LogP contribution in [-0.2, 0) is 11.0 Å². The van der Waals surface area contributed by atoms with E-state index in [1.54, 1.807) is 17.0 Å². The van der Waals surface area contributed by atoms with Crippen molar-refractivity contribution in [3.63, 3.8) is 0 Å². The van der Waals surface area contributed by atoms with Crippen LogP contribution in [0.25, 0.3) is 10.9 Å². The number of amides is 1. The van der Waals surface area contributed by atoms with Gasteiger partial charge in [0.15, 0.2) is 0 Å². The van der Waals surface area contributed by atoms with Crippen molar-refractivity contribution in [3.05, 3.63) is 36.0 Å². The zero-order valence-corrected chi connectivity index (χ0v) is 16.3. The Labute approximate surface area is 172 Å². The summed E-state index contributed by atoms with van der Waals surface area (Å²) < 4.78 is 39.9. The van der Waals surface area contributed by atoms with Crippen molar-refractivity contribution in [2.45, 2.75) is 37.5 Å². The van der Waals surface area contributed by atoms with Gasteiger partial charge in [0, 0.05) is 42.9 Å². The van der Waals surface area contributed by atoms with Crippen LogP contribution in [-0.4, -0.2) is 59.0 Å². The largest absolute Gasteiger partial charge is 0.418 e. The predicted molar refractivity (Wildman–Crippen MR) is 106 cm³/mol. The third-order valence-electron chi connectivity index (χ3n) is 5.79. The van der Waals surface area contributed by atoms with E-state index in [1.807, 2.05) is 4.90 Å². The van der Waals surface area contributed by atoms with Crippen LogP contribution in [0, 0.1) is 11.3 Å². The first kappa shape index (κ1) is 20.4. The number of nitrogens with one attached hydrogen (secondary N) is 1. The maximum absolute atomic E-state index is 13.3. The Morgan fingerprint density at radius 2 is 2.10 bits per heavy atom. The molecule has 0 radical (unpaired) electrons. The lowest BCUT2D eigenvalue weighted by Gasteiger charge is -2.23. The monoisotopic (exact) mass is 417 g/mol. The molecule has 2 saturated heterocycles. The first-order chi connectivity index (χ1) is 14.4. The number of hydrogen-bond donors (Lipinski definition) is 1. The second kappa shape index (κ2) is 8.11. The van der Waals surface area contributed by atoms with Crippen LogP contribution in [0.2, 0.25) is 0 Å². The second-order valence-electron chi connectivity index (χ2n) is 7.80. The number of benzene rings is 1. The molecule has 2 aliphatic heterocycles. The highest BCUT2D eigenvalue weighted by Gasteiger charge is 2.34. The van der Waals surface area contributed by atoms with Gasteiger partial charge >= 0.3 is 6.18 Å². The van der Waals surface area contributed by atoms with E-state index < -0.39 is 11.7 Å². The number of carbonyl (C=O) groups is 1. The number of rotatable bonds is 4. The van der Waals surface area contributed by atoms with E-state index in [9.17, 15) is 18.0 Å². The Kier molecular flexibility index (Phi) is 5.52. The van der Waals surface area contributed by atoms with Gasteiger partial charge in [0.05, 0.1) is 23.7 Å². The Morgan fingerprint density at radius 1 is 1.27 bits per heavy atom. The first-order valence-electron chi connectivity index (χ1n) is 9.99. The molecule has 3 heterocycles. The number of halogens is 3. The maximum Gasteiger partial charge on any atom is 0.418 e. The topological polar surface area (TPSA) is 72.3 Å². The molecule has 6 nitrogen and oxygen atoms in total. The molecule has 2 atom stereocenters. The molecule has 2 aliphatic rings. The molecule has 1 N–H and O–H groups in total. The summed E-state index contributed by atoms with van der Waals surface area (Å²) in [5.41, 5.74) is -0.218. The Hall–Kier alpha value is -2.86. The predicted octanol–water partition coefficient (Wildman–Crippen LogP) is 3.25. The molecule has 9 heteroatoms. The number of nitriles is 1. The lowest BCUT2D eigenvalue weighted by Crippen LogP contribution is -2.42. The zero-order chi connectivity index (χ0) is 21.3. The van der Waals surface area contributed by atoms with Crippen molar-refractivity contribution in [2.24, 2.45) is 0 Å². The Morgan fingerprint density at radius 3 is 2.87 bits per heavy atom. The molecular weight excluding hydrogens is 395 g/mol. The summed E-state index contributed by atoms with van der Waals surface area (Å²) in [6, 6.07) is 7.62. The van der Waals surface area contributed by atoms with Crippen molar-refractivity contribution in [1.29, 1.82) is 5.26 Å². The normalized spacial score (nSPS) is 22.4. The molecule has 2 fully saturated rings. The molecule has 0 saturated carbocycles. The van der Waals surface area contributed by atoms with Crippen LogP contribution in [0.15, 0.2) is 30.5 Å². The highest BCUT2D eigenvalue weighted by molar-refractivity contribution is 5.93. The fraction of sp³-hybridized carbons (Fsp3) is 0.476. The van der Waals surface area contributed by atoms with Gasteiger partial charge in [-0.25, -0.2) is 0 Å². The molecule has 1 aromatic carbocycles. The van der Waals surface area contributed by atoms with Gasteiger partial charge in [-0.2, -0.15) is 18.4 Å². The van der Waals surface area contributed by atoms with Gasteiger partial charge in [-0.1, -0.05) is 0 Å². The van der Waals surface area contributed by atoms with E-state index in [0.717, 1.165) is 25.3 Å². The van der Waals surface area contributed by atoms with Gasteiger partial charge in [-0.3, -0.25) is 14.7 Å². The SMILES string of the molecule is N#CC1CCCN1C(=O)CN1CC[C@H](Nc2ccc(C(F)(F)F)c3ncccc23)C1. The van der Waals surface area contributed by atoms with E-state index >= 15 is 0 Å². The molecular formula is C21H22F3N5O. The van der Waals surface area contributed by atoms with Crippen molar-refractivity contribution in [2.75, 3.05) is 31.5 Å². The van der Waals surface area contributed by atoms with Crippen LogP contribution < -0.4 is 5.32 Å². The van der Waals surface area contributed by atoms with Gasteiger partial charge < -0.3 is 10.2 Å². The number of anilines is 1. The number of fused-ring (bicyclic) bond motifs is 1. The molecule has 0 aliphatic carbocycles. The molecule has 158 valence electrons. The number of pyridine rings is 1. The van der Waals surface area contributed by atoms with E-state index in [-0.39, 0.29) is 30.1 Å². The van der Waals surface area contributed by atoms with Gasteiger partial charge in [0.1, 0.15) is 6.04 Å². The minimum atomic E-state index is -4.47. The molecule has 1 amide bonds. The van der Waals surface area contributed by atoms with E-state index in [4.69, 9.17) is 5.26 Å². The summed E-state index contributed by atoms with van der Waals surface area (Å²) >= 11 is 0. The van der Waals surface area contributed by atoms with Gasteiger partial charge in [-0.05, 0) is 43.5 Å². The third-order valence-corrected chi connectivity index (χ3v) is 5.79. The van der Waals surface area contributed by atoms with Crippen molar-refractivity contribution in [1.82, 2.24) is 14.8 Å². The maximum atomic E-state index is 13.3. The smallest absolute Gasteiger partial charge is 0.380 e. The molecule has 2 aromatic rings. The fourth-order valence-corrected chi connectivity index (χ4v) is 4.32. The quantitative estimate of drug-likeness (QED) is 0.827. The van der Waals surface area contributed by atoms with E-state index in [0.29, 0.717) is 30.7 Å². The number of aromatic nitrogens is 1. The number of likely N-dealkylation sites (tertiary alicyclic amines) is 2. The third kappa shape index (κ3) is 4.05. The van der Waals surface area contributed by atoms with Crippen LogP contribution in [0.1, 0.15) is 24.8 Å². The van der Waals surface area contributed by atoms with Crippen LogP contribution in [0.3, 0.4) is 0 Å². The summed E-state index contributed by atoms with van der Waals surface area (Å²) in [5, 5.41) is 12.9. The van der Waals surface area contributed by atoms with Crippen LogP contribution >= 0.6 is 0 Å². The van der Waals surface area contributed by atoms with Crippen molar-refractivity contribution in [3.8, 4) is 6.07 Å². The standard InChI is InChI=1S/C21H22F3N5O/c22-21(23,24)17-5-6-18(16-4-1-8-26-20(16)17)27-14-7-10-28(12-14)13-19(30)29-9-2-3-15(29)11-25/h1,4-6,8,14-15,27H,2-3,7,9-10,12-13H2/t14-,15?/m0/s1.